The average Bonchev–Trinajstić information content (AvgIpc) is 2.36. The second-order valence-corrected chi connectivity index (χ2v) is 5.03. The van der Waals surface area contributed by atoms with Gasteiger partial charge in [-0.1, -0.05) is 26.7 Å². The van der Waals surface area contributed by atoms with Gasteiger partial charge in [0.05, 0.1) is 13.2 Å². The lowest BCUT2D eigenvalue weighted by Crippen LogP contribution is -2.18. The molecule has 0 heterocycles. The molecule has 5 heteroatoms. The Morgan fingerprint density at radius 2 is 1.72 bits per heavy atom. The number of alkyl halides is 1. The highest BCUT2D eigenvalue weighted by molar-refractivity contribution is 7.80. The van der Waals surface area contributed by atoms with Crippen molar-refractivity contribution in [3.63, 3.8) is 0 Å². The van der Waals surface area contributed by atoms with Gasteiger partial charge in [-0.05, 0) is 31.5 Å². The number of ether oxygens (including phenoxy) is 2. The molecule has 0 aliphatic carbocycles. The van der Waals surface area contributed by atoms with Crippen molar-refractivity contribution in [2.75, 3.05) is 13.2 Å². The summed E-state index contributed by atoms with van der Waals surface area (Å²) in [6, 6.07) is 0. The second-order valence-electron chi connectivity index (χ2n) is 4.10. The Kier molecular flexibility index (Phi) is 11.5. The van der Waals surface area contributed by atoms with E-state index >= 15 is 0 Å². The van der Waals surface area contributed by atoms with Crippen LogP contribution in [0, 0.1) is 0 Å². The number of thiocarbonyl (C=S) groups is 1. The minimum absolute atomic E-state index is 0.217. The van der Waals surface area contributed by atoms with Crippen LogP contribution in [0.15, 0.2) is 0 Å². The first-order valence-electron chi connectivity index (χ1n) is 6.58. The van der Waals surface area contributed by atoms with Gasteiger partial charge in [-0.3, -0.25) is 4.79 Å². The molecule has 0 aliphatic rings. The van der Waals surface area contributed by atoms with Crippen LogP contribution in [0.4, 0.5) is 0 Å². The lowest BCUT2D eigenvalue weighted by atomic mass is 10.2. The Hall–Kier alpha value is -0.350. The molecule has 0 saturated heterocycles. The standard InChI is InChI=1S/C13H23ClO3S/c1-3-5-9-16-12(15)8-7-11(14)13(18)17-10-6-4-2/h11H,3-10H2,1-2H3. The van der Waals surface area contributed by atoms with Crippen LogP contribution in [0.1, 0.15) is 52.4 Å². The molecule has 0 bridgehead atoms. The smallest absolute Gasteiger partial charge is 0.305 e. The van der Waals surface area contributed by atoms with E-state index in [0.29, 0.717) is 24.7 Å². The van der Waals surface area contributed by atoms with Crippen LogP contribution in [0.5, 0.6) is 0 Å². The maximum Gasteiger partial charge on any atom is 0.305 e. The highest BCUT2D eigenvalue weighted by Crippen LogP contribution is 2.10. The van der Waals surface area contributed by atoms with E-state index < -0.39 is 5.38 Å². The average molecular weight is 295 g/mol. The molecular weight excluding hydrogens is 272 g/mol. The van der Waals surface area contributed by atoms with E-state index in [1.54, 1.807) is 0 Å². The first-order chi connectivity index (χ1) is 8.61. The monoisotopic (exact) mass is 294 g/mol. The van der Waals surface area contributed by atoms with Gasteiger partial charge in [0.25, 0.3) is 0 Å². The van der Waals surface area contributed by atoms with E-state index in [9.17, 15) is 4.79 Å². The molecule has 3 nitrogen and oxygen atoms in total. The van der Waals surface area contributed by atoms with Crippen molar-refractivity contribution in [1.29, 1.82) is 0 Å². The third-order valence-corrected chi connectivity index (χ3v) is 3.31. The van der Waals surface area contributed by atoms with Gasteiger partial charge in [-0.15, -0.1) is 11.6 Å². The van der Waals surface area contributed by atoms with Crippen molar-refractivity contribution in [2.24, 2.45) is 0 Å². The van der Waals surface area contributed by atoms with Crippen LogP contribution >= 0.6 is 23.8 Å². The molecule has 0 spiro atoms. The van der Waals surface area contributed by atoms with Crippen molar-refractivity contribution < 1.29 is 14.3 Å². The first kappa shape index (κ1) is 17.6. The van der Waals surface area contributed by atoms with Gasteiger partial charge in [-0.2, -0.15) is 0 Å². The number of rotatable bonds is 10. The number of carbonyl (C=O) groups excluding carboxylic acids is 1. The van der Waals surface area contributed by atoms with Gasteiger partial charge in [-0.25, -0.2) is 0 Å². The fourth-order valence-electron chi connectivity index (χ4n) is 1.17. The summed E-state index contributed by atoms with van der Waals surface area (Å²) in [6.07, 6.45) is 4.68. The molecule has 0 aliphatic heterocycles. The number of hydrogen-bond donors (Lipinski definition) is 0. The van der Waals surface area contributed by atoms with E-state index in [1.807, 2.05) is 0 Å². The van der Waals surface area contributed by atoms with Crippen molar-refractivity contribution in [3.8, 4) is 0 Å². The van der Waals surface area contributed by atoms with E-state index in [2.05, 4.69) is 13.8 Å². The normalized spacial score (nSPS) is 11.9. The summed E-state index contributed by atoms with van der Waals surface area (Å²) >= 11 is 11.1. The third-order valence-electron chi connectivity index (χ3n) is 2.36. The van der Waals surface area contributed by atoms with Crippen molar-refractivity contribution in [1.82, 2.24) is 0 Å². The van der Waals surface area contributed by atoms with Gasteiger partial charge < -0.3 is 9.47 Å². The van der Waals surface area contributed by atoms with Crippen LogP contribution in [0.25, 0.3) is 0 Å². The molecule has 0 radical (unpaired) electrons. The topological polar surface area (TPSA) is 35.5 Å². The highest BCUT2D eigenvalue weighted by Gasteiger charge is 2.15. The fourth-order valence-corrected chi connectivity index (χ4v) is 1.55. The van der Waals surface area contributed by atoms with Crippen LogP contribution in [0.3, 0.4) is 0 Å². The van der Waals surface area contributed by atoms with Gasteiger partial charge >= 0.3 is 5.97 Å². The minimum atomic E-state index is -0.393. The Morgan fingerprint density at radius 1 is 1.17 bits per heavy atom. The Balaban J connectivity index is 3.64. The van der Waals surface area contributed by atoms with E-state index in [0.717, 1.165) is 25.7 Å². The van der Waals surface area contributed by atoms with E-state index in [4.69, 9.17) is 33.3 Å². The zero-order chi connectivity index (χ0) is 13.8. The summed E-state index contributed by atoms with van der Waals surface area (Å²) in [5, 5.41) is -0.0120. The number of halogens is 1. The largest absolute Gasteiger partial charge is 0.485 e. The fraction of sp³-hybridized carbons (Fsp3) is 0.846. The Labute approximate surface area is 120 Å². The Morgan fingerprint density at radius 3 is 2.28 bits per heavy atom. The van der Waals surface area contributed by atoms with Crippen LogP contribution in [-0.2, 0) is 14.3 Å². The molecule has 0 amide bonds. The predicted octanol–water partition coefficient (Wildman–Crippen LogP) is 3.86. The number of hydrogen-bond acceptors (Lipinski definition) is 4. The maximum absolute atomic E-state index is 11.3. The summed E-state index contributed by atoms with van der Waals surface area (Å²) in [7, 11) is 0. The lowest BCUT2D eigenvalue weighted by Gasteiger charge is -2.12. The van der Waals surface area contributed by atoms with Crippen LogP contribution in [0.2, 0.25) is 0 Å². The van der Waals surface area contributed by atoms with Gasteiger partial charge in [0.15, 0.2) is 5.05 Å². The van der Waals surface area contributed by atoms with E-state index in [1.165, 1.54) is 0 Å². The lowest BCUT2D eigenvalue weighted by molar-refractivity contribution is -0.143. The molecular formula is C13H23ClO3S. The molecule has 1 unspecified atom stereocenters. The molecule has 18 heavy (non-hydrogen) atoms. The predicted molar refractivity (Wildman–Crippen MR) is 78.2 cm³/mol. The number of esters is 1. The number of carbonyl (C=O) groups is 1. The summed E-state index contributed by atoms with van der Waals surface area (Å²) in [6.45, 7) is 5.21. The molecule has 0 rings (SSSR count). The first-order valence-corrected chi connectivity index (χ1v) is 7.42. The minimum Gasteiger partial charge on any atom is -0.485 e. The maximum atomic E-state index is 11.3. The molecule has 0 aromatic carbocycles. The molecule has 1 atom stereocenters. The zero-order valence-electron chi connectivity index (χ0n) is 11.2. The second kappa shape index (κ2) is 11.7. The molecule has 0 N–H and O–H groups in total. The Bertz CT molecular complexity index is 246. The highest BCUT2D eigenvalue weighted by atomic mass is 35.5. The van der Waals surface area contributed by atoms with E-state index in [-0.39, 0.29) is 12.4 Å². The van der Waals surface area contributed by atoms with Crippen LogP contribution < -0.4 is 0 Å². The van der Waals surface area contributed by atoms with Crippen molar-refractivity contribution >= 4 is 34.8 Å². The number of unbranched alkanes of at least 4 members (excludes halogenated alkanes) is 2. The van der Waals surface area contributed by atoms with Crippen LogP contribution in [-0.4, -0.2) is 29.6 Å². The summed E-state index contributed by atoms with van der Waals surface area (Å²) < 4.78 is 10.4. The SMILES string of the molecule is CCCCOC(=O)CCC(Cl)C(=S)OCCCC. The van der Waals surface area contributed by atoms with Gasteiger partial charge in [0.1, 0.15) is 5.38 Å². The quantitative estimate of drug-likeness (QED) is 0.265. The van der Waals surface area contributed by atoms with Crippen molar-refractivity contribution in [2.45, 2.75) is 57.7 Å². The molecule has 0 saturated carbocycles. The summed E-state index contributed by atoms with van der Waals surface area (Å²) in [5.74, 6) is -0.217. The summed E-state index contributed by atoms with van der Waals surface area (Å²) in [4.78, 5) is 11.3. The molecule has 0 aromatic heterocycles. The molecule has 0 fully saturated rings. The third kappa shape index (κ3) is 9.66. The zero-order valence-corrected chi connectivity index (χ0v) is 12.8. The van der Waals surface area contributed by atoms with Gasteiger partial charge in [0, 0.05) is 6.42 Å². The molecule has 0 aromatic rings. The summed E-state index contributed by atoms with van der Waals surface area (Å²) in [5.41, 5.74) is 0. The molecule has 106 valence electrons. The van der Waals surface area contributed by atoms with Crippen molar-refractivity contribution in [3.05, 3.63) is 0 Å². The van der Waals surface area contributed by atoms with Gasteiger partial charge in [0.2, 0.25) is 0 Å².